The molecule has 1 saturated heterocycles. The number of aromatic nitrogens is 2. The van der Waals surface area contributed by atoms with Gasteiger partial charge in [-0.1, -0.05) is 30.9 Å². The maximum absolute atomic E-state index is 14.0. The van der Waals surface area contributed by atoms with Gasteiger partial charge < -0.3 is 25.8 Å². The summed E-state index contributed by atoms with van der Waals surface area (Å²) in [5, 5.41) is 9.03. The van der Waals surface area contributed by atoms with Crippen LogP contribution in [-0.4, -0.2) is 84.1 Å². The van der Waals surface area contributed by atoms with Gasteiger partial charge in [0.1, 0.15) is 23.8 Å². The monoisotopic (exact) mass is 553 g/mol. The molecule has 1 aliphatic heterocycles. The van der Waals surface area contributed by atoms with Gasteiger partial charge in [-0.05, 0) is 45.1 Å². The number of nitrogens with zero attached hydrogens (tertiary/aromatic N) is 4. The number of alkyl halides is 1. The highest BCUT2D eigenvalue weighted by Crippen LogP contribution is 2.21. The minimum absolute atomic E-state index is 0.00347. The lowest BCUT2D eigenvalue weighted by atomic mass is 10.2. The first-order valence-electron chi connectivity index (χ1n) is 13.4. The van der Waals surface area contributed by atoms with E-state index in [0.717, 1.165) is 6.42 Å². The highest BCUT2D eigenvalue weighted by molar-refractivity contribution is 5.93. The van der Waals surface area contributed by atoms with Crippen LogP contribution in [-0.2, 0) is 9.59 Å². The van der Waals surface area contributed by atoms with Crippen LogP contribution < -0.4 is 16.0 Å². The van der Waals surface area contributed by atoms with Gasteiger partial charge in [0.2, 0.25) is 17.8 Å². The van der Waals surface area contributed by atoms with Crippen LogP contribution in [0.25, 0.3) is 0 Å². The molecule has 0 aliphatic carbocycles. The van der Waals surface area contributed by atoms with Crippen LogP contribution in [0.4, 0.5) is 26.2 Å². The summed E-state index contributed by atoms with van der Waals surface area (Å²) in [6.07, 6.45) is 5.45. The third-order valence-corrected chi connectivity index (χ3v) is 5.98. The van der Waals surface area contributed by atoms with Gasteiger partial charge in [-0.3, -0.25) is 9.59 Å². The number of nitrogens with one attached hydrogen (secondary N) is 3. The number of hydrogen-bond acceptors (Lipinski definition) is 7. The van der Waals surface area contributed by atoms with Crippen LogP contribution in [0.5, 0.6) is 0 Å². The molecular weight excluding hydrogens is 516 g/mol. The fraction of sp³-hybridized carbons (Fsp3) is 0.448. The SMILES string of the molecule is CCCNc1nc(Nc2cccc(F)c2)ncc1C#CCCCNC(=O)[C@@H]1C[C@H](F)CN1C(=O)C=CCN(C)C. The highest BCUT2D eigenvalue weighted by Gasteiger charge is 2.38. The molecule has 214 valence electrons. The van der Waals surface area contributed by atoms with E-state index in [-0.39, 0.29) is 30.6 Å². The van der Waals surface area contributed by atoms with Crippen LogP contribution in [0.3, 0.4) is 0 Å². The van der Waals surface area contributed by atoms with E-state index < -0.39 is 12.2 Å². The molecule has 9 nitrogen and oxygen atoms in total. The zero-order valence-electron chi connectivity index (χ0n) is 23.2. The normalized spacial score (nSPS) is 16.6. The van der Waals surface area contributed by atoms with Crippen LogP contribution >= 0.6 is 0 Å². The first-order chi connectivity index (χ1) is 19.3. The highest BCUT2D eigenvalue weighted by atomic mass is 19.1. The van der Waals surface area contributed by atoms with Crippen molar-refractivity contribution in [3.05, 3.63) is 54.0 Å². The Kier molecular flexibility index (Phi) is 11.8. The molecule has 2 heterocycles. The number of unbranched alkanes of at least 4 members (excludes halogenated alkanes) is 1. The summed E-state index contributed by atoms with van der Waals surface area (Å²) in [5.74, 6) is 5.96. The number of halogens is 2. The minimum Gasteiger partial charge on any atom is -0.369 e. The van der Waals surface area contributed by atoms with Crippen molar-refractivity contribution in [1.82, 2.24) is 25.1 Å². The lowest BCUT2D eigenvalue weighted by molar-refractivity contribution is -0.135. The van der Waals surface area contributed by atoms with E-state index in [4.69, 9.17) is 0 Å². The van der Waals surface area contributed by atoms with Crippen LogP contribution in [0.15, 0.2) is 42.6 Å². The molecule has 3 rings (SSSR count). The Morgan fingerprint density at radius 3 is 2.85 bits per heavy atom. The van der Waals surface area contributed by atoms with E-state index >= 15 is 0 Å². The molecule has 3 N–H and O–H groups in total. The van der Waals surface area contributed by atoms with Crippen LogP contribution in [0.2, 0.25) is 0 Å². The van der Waals surface area contributed by atoms with Gasteiger partial charge in [0, 0.05) is 44.2 Å². The molecule has 0 spiro atoms. The average Bonchev–Trinajstić information content (AvgIpc) is 3.31. The Morgan fingerprint density at radius 2 is 2.10 bits per heavy atom. The van der Waals surface area contributed by atoms with Crippen molar-refractivity contribution in [2.45, 2.75) is 44.8 Å². The first kappa shape index (κ1) is 30.5. The number of benzene rings is 1. The lowest BCUT2D eigenvalue weighted by Gasteiger charge is -2.22. The number of carbonyl (C=O) groups is 2. The van der Waals surface area contributed by atoms with Crippen molar-refractivity contribution in [1.29, 1.82) is 0 Å². The Hall–Kier alpha value is -4.04. The largest absolute Gasteiger partial charge is 0.369 e. The second kappa shape index (κ2) is 15.5. The van der Waals surface area contributed by atoms with Gasteiger partial charge in [0.05, 0.1) is 18.3 Å². The van der Waals surface area contributed by atoms with Gasteiger partial charge in [-0.2, -0.15) is 4.98 Å². The molecule has 0 bridgehead atoms. The van der Waals surface area contributed by atoms with Crippen LogP contribution in [0, 0.1) is 17.7 Å². The molecule has 40 heavy (non-hydrogen) atoms. The fourth-order valence-corrected chi connectivity index (χ4v) is 4.01. The summed E-state index contributed by atoms with van der Waals surface area (Å²) in [6.45, 7) is 3.59. The maximum atomic E-state index is 14.0. The van der Waals surface area contributed by atoms with Crippen molar-refractivity contribution >= 4 is 29.3 Å². The number of anilines is 3. The second-order valence-electron chi connectivity index (χ2n) is 9.72. The fourth-order valence-electron chi connectivity index (χ4n) is 4.01. The van der Waals surface area contributed by atoms with Gasteiger partial charge in [0.15, 0.2) is 0 Å². The van der Waals surface area contributed by atoms with Crippen molar-refractivity contribution in [3.8, 4) is 11.8 Å². The van der Waals surface area contributed by atoms with Crippen LogP contribution in [0.1, 0.15) is 38.2 Å². The molecule has 0 unspecified atom stereocenters. The number of carbonyl (C=O) groups excluding carboxylic acids is 2. The molecule has 0 radical (unpaired) electrons. The number of likely N-dealkylation sites (N-methyl/N-ethyl adjacent to an activating group) is 1. The zero-order valence-corrected chi connectivity index (χ0v) is 23.2. The van der Waals surface area contributed by atoms with E-state index in [2.05, 4.69) is 37.8 Å². The van der Waals surface area contributed by atoms with E-state index in [1.807, 2.05) is 25.9 Å². The third-order valence-electron chi connectivity index (χ3n) is 5.98. The molecule has 2 amide bonds. The number of hydrogen-bond donors (Lipinski definition) is 3. The Morgan fingerprint density at radius 1 is 1.27 bits per heavy atom. The standard InChI is InChI=1S/C29H37F2N7O2/c1-4-14-32-27-21(19-34-29(36-27)35-24-12-8-11-22(30)17-24)10-6-5-7-15-33-28(40)25-18-23(31)20-38(25)26(39)13-9-16-37(2)3/h8-9,11-13,17,19,23,25H,4-5,7,14-16,18,20H2,1-3H3,(H,33,40)(H2,32,34,35,36)/t23-,25-/m0/s1. The Labute approximate surface area is 234 Å². The quantitative estimate of drug-likeness (QED) is 0.210. The van der Waals surface area contributed by atoms with Gasteiger partial charge >= 0.3 is 0 Å². The number of amides is 2. The van der Waals surface area contributed by atoms with Crippen molar-refractivity contribution in [2.75, 3.05) is 50.9 Å². The summed E-state index contributed by atoms with van der Waals surface area (Å²) in [5.41, 5.74) is 1.16. The summed E-state index contributed by atoms with van der Waals surface area (Å²) in [4.78, 5) is 37.1. The maximum Gasteiger partial charge on any atom is 0.247 e. The Balaban J connectivity index is 1.52. The minimum atomic E-state index is -1.22. The molecule has 1 aromatic heterocycles. The predicted octanol–water partition coefficient (Wildman–Crippen LogP) is 3.49. The van der Waals surface area contributed by atoms with Crippen molar-refractivity contribution in [3.63, 3.8) is 0 Å². The first-order valence-corrected chi connectivity index (χ1v) is 13.4. The third kappa shape index (κ3) is 9.61. The zero-order chi connectivity index (χ0) is 28.9. The molecule has 1 aromatic carbocycles. The van der Waals surface area contributed by atoms with Crippen molar-refractivity contribution in [2.24, 2.45) is 0 Å². The molecule has 2 atom stereocenters. The van der Waals surface area contributed by atoms with Crippen molar-refractivity contribution < 1.29 is 18.4 Å². The molecule has 2 aromatic rings. The van der Waals surface area contributed by atoms with Gasteiger partial charge in [-0.25, -0.2) is 13.8 Å². The predicted molar refractivity (Wildman–Crippen MR) is 152 cm³/mol. The number of likely N-dealkylation sites (tertiary alicyclic amines) is 1. The van der Waals surface area contributed by atoms with E-state index in [1.54, 1.807) is 24.4 Å². The molecule has 1 aliphatic rings. The van der Waals surface area contributed by atoms with Gasteiger partial charge in [0.25, 0.3) is 0 Å². The van der Waals surface area contributed by atoms with E-state index in [1.165, 1.54) is 23.1 Å². The molecule has 11 heteroatoms. The second-order valence-corrected chi connectivity index (χ2v) is 9.72. The topological polar surface area (TPSA) is 102 Å². The summed E-state index contributed by atoms with van der Waals surface area (Å²) in [6, 6.07) is 5.22. The summed E-state index contributed by atoms with van der Waals surface area (Å²) >= 11 is 0. The average molecular weight is 554 g/mol. The van der Waals surface area contributed by atoms with Gasteiger partial charge in [-0.15, -0.1) is 0 Å². The smallest absolute Gasteiger partial charge is 0.247 e. The summed E-state index contributed by atoms with van der Waals surface area (Å²) in [7, 11) is 3.76. The molecule has 0 saturated carbocycles. The molecular formula is C29H37F2N7O2. The van der Waals surface area contributed by atoms with E-state index in [9.17, 15) is 18.4 Å². The number of rotatable bonds is 12. The van der Waals surface area contributed by atoms with E-state index in [0.29, 0.717) is 55.5 Å². The lowest BCUT2D eigenvalue weighted by Crippen LogP contribution is -2.45. The molecule has 1 fully saturated rings. The Bertz CT molecular complexity index is 1240. The summed E-state index contributed by atoms with van der Waals surface area (Å²) < 4.78 is 27.5.